The summed E-state index contributed by atoms with van der Waals surface area (Å²) in [4.78, 5) is 7.21. The molecule has 5 nitrogen and oxygen atoms in total. The Balaban J connectivity index is 0.00000300. The lowest BCUT2D eigenvalue weighted by molar-refractivity contribution is 0.0342. The minimum atomic E-state index is 0. The van der Waals surface area contributed by atoms with Crippen LogP contribution >= 0.6 is 24.0 Å². The second kappa shape index (κ2) is 13.6. The molecule has 2 aromatic rings. The highest BCUT2D eigenvalue weighted by atomic mass is 127. The highest BCUT2D eigenvalue weighted by molar-refractivity contribution is 14.0. The average Bonchev–Trinajstić information content (AvgIpc) is 2.74. The molecule has 1 aliphatic rings. The second-order valence-corrected chi connectivity index (χ2v) is 7.07. The Labute approximate surface area is 192 Å². The molecule has 1 aliphatic heterocycles. The SMILES string of the molecule is CCNC(=NCc1cccc(CN2CCOCC2)c1)NCCc1ccccc1.I. The number of hydrogen-bond donors (Lipinski definition) is 2. The molecule has 0 radical (unpaired) electrons. The van der Waals surface area contributed by atoms with Crippen molar-refractivity contribution >= 4 is 29.9 Å². The number of morpholine rings is 1. The summed E-state index contributed by atoms with van der Waals surface area (Å²) in [6.07, 6.45) is 0.986. The zero-order valence-corrected chi connectivity index (χ0v) is 19.6. The van der Waals surface area contributed by atoms with Crippen molar-refractivity contribution in [2.24, 2.45) is 4.99 Å². The molecule has 0 spiro atoms. The highest BCUT2D eigenvalue weighted by Gasteiger charge is 2.10. The maximum absolute atomic E-state index is 5.44. The van der Waals surface area contributed by atoms with Gasteiger partial charge in [-0.15, -0.1) is 24.0 Å². The van der Waals surface area contributed by atoms with Crippen LogP contribution in [-0.4, -0.2) is 50.3 Å². The molecule has 0 aromatic heterocycles. The van der Waals surface area contributed by atoms with Crippen LogP contribution in [0, 0.1) is 0 Å². The van der Waals surface area contributed by atoms with Gasteiger partial charge in [0.15, 0.2) is 5.96 Å². The predicted molar refractivity (Wildman–Crippen MR) is 131 cm³/mol. The Morgan fingerprint density at radius 1 is 0.966 bits per heavy atom. The fourth-order valence-corrected chi connectivity index (χ4v) is 3.33. The smallest absolute Gasteiger partial charge is 0.191 e. The van der Waals surface area contributed by atoms with Gasteiger partial charge in [-0.25, -0.2) is 4.99 Å². The van der Waals surface area contributed by atoms with Gasteiger partial charge < -0.3 is 15.4 Å². The molecule has 2 aromatic carbocycles. The molecule has 0 aliphatic carbocycles. The molecule has 2 N–H and O–H groups in total. The van der Waals surface area contributed by atoms with Gasteiger partial charge in [-0.1, -0.05) is 54.6 Å². The van der Waals surface area contributed by atoms with Crippen LogP contribution in [0.3, 0.4) is 0 Å². The van der Waals surface area contributed by atoms with E-state index in [0.717, 1.165) is 58.3 Å². The third-order valence-corrected chi connectivity index (χ3v) is 4.81. The molecule has 0 bridgehead atoms. The third kappa shape index (κ3) is 8.72. The number of ether oxygens (including phenoxy) is 1. The van der Waals surface area contributed by atoms with Crippen LogP contribution < -0.4 is 10.6 Å². The lowest BCUT2D eigenvalue weighted by Crippen LogP contribution is -2.38. The van der Waals surface area contributed by atoms with E-state index < -0.39 is 0 Å². The van der Waals surface area contributed by atoms with E-state index in [-0.39, 0.29) is 24.0 Å². The molecule has 1 saturated heterocycles. The number of hydrogen-bond acceptors (Lipinski definition) is 3. The first-order chi connectivity index (χ1) is 13.8. The fourth-order valence-electron chi connectivity index (χ4n) is 3.33. The molecule has 29 heavy (non-hydrogen) atoms. The molecule has 0 unspecified atom stereocenters. The normalized spacial score (nSPS) is 14.9. The highest BCUT2D eigenvalue weighted by Crippen LogP contribution is 2.11. The Kier molecular flexibility index (Phi) is 11.1. The van der Waals surface area contributed by atoms with Crippen molar-refractivity contribution < 1.29 is 4.74 Å². The molecule has 1 fully saturated rings. The van der Waals surface area contributed by atoms with Crippen LogP contribution in [0.15, 0.2) is 59.6 Å². The summed E-state index contributed by atoms with van der Waals surface area (Å²) < 4.78 is 5.44. The molecular formula is C23H33IN4O. The molecule has 158 valence electrons. The quantitative estimate of drug-likeness (QED) is 0.326. The number of benzene rings is 2. The van der Waals surface area contributed by atoms with Crippen molar-refractivity contribution in [3.63, 3.8) is 0 Å². The molecule has 1 heterocycles. The number of halogens is 1. The van der Waals surface area contributed by atoms with Crippen molar-refractivity contribution in [2.75, 3.05) is 39.4 Å². The van der Waals surface area contributed by atoms with Crippen LogP contribution in [0.5, 0.6) is 0 Å². The molecule has 3 rings (SSSR count). The topological polar surface area (TPSA) is 48.9 Å². The second-order valence-electron chi connectivity index (χ2n) is 7.07. The molecule has 0 amide bonds. The van der Waals surface area contributed by atoms with E-state index in [9.17, 15) is 0 Å². The standard InChI is InChI=1S/C23H32N4O.HI/c1-2-24-23(25-12-11-20-7-4-3-5-8-20)26-18-21-9-6-10-22(17-21)19-27-13-15-28-16-14-27;/h3-10,17H,2,11-16,18-19H2,1H3,(H2,24,25,26);1H. The first kappa shape index (κ1) is 23.6. The van der Waals surface area contributed by atoms with Gasteiger partial charge in [-0.3, -0.25) is 4.90 Å². The van der Waals surface area contributed by atoms with Crippen LogP contribution in [0.2, 0.25) is 0 Å². The number of guanidine groups is 1. The van der Waals surface area contributed by atoms with E-state index in [4.69, 9.17) is 9.73 Å². The van der Waals surface area contributed by atoms with Gasteiger partial charge in [0.05, 0.1) is 19.8 Å². The zero-order valence-electron chi connectivity index (χ0n) is 17.3. The summed E-state index contributed by atoms with van der Waals surface area (Å²) in [6, 6.07) is 19.3. The Morgan fingerprint density at radius 2 is 1.69 bits per heavy atom. The van der Waals surface area contributed by atoms with Gasteiger partial charge in [-0.05, 0) is 30.0 Å². The molecule has 0 atom stereocenters. The lowest BCUT2D eigenvalue weighted by Gasteiger charge is -2.26. The Bertz CT molecular complexity index is 733. The first-order valence-corrected chi connectivity index (χ1v) is 10.3. The monoisotopic (exact) mass is 508 g/mol. The van der Waals surface area contributed by atoms with E-state index in [1.165, 1.54) is 16.7 Å². The van der Waals surface area contributed by atoms with Crippen molar-refractivity contribution in [1.29, 1.82) is 0 Å². The number of nitrogens with one attached hydrogen (secondary N) is 2. The Morgan fingerprint density at radius 3 is 2.45 bits per heavy atom. The molecular weight excluding hydrogens is 475 g/mol. The van der Waals surface area contributed by atoms with Gasteiger partial charge in [-0.2, -0.15) is 0 Å². The molecule has 0 saturated carbocycles. The fraction of sp³-hybridized carbons (Fsp3) is 0.435. The summed E-state index contributed by atoms with van der Waals surface area (Å²) in [5, 5.41) is 6.77. The number of aliphatic imine (C=N–C) groups is 1. The van der Waals surface area contributed by atoms with E-state index in [1.54, 1.807) is 0 Å². The van der Waals surface area contributed by atoms with Crippen molar-refractivity contribution in [3.8, 4) is 0 Å². The zero-order chi connectivity index (χ0) is 19.4. The average molecular weight is 508 g/mol. The maximum atomic E-state index is 5.44. The van der Waals surface area contributed by atoms with E-state index >= 15 is 0 Å². The summed E-state index contributed by atoms with van der Waals surface area (Å²) in [5.41, 5.74) is 3.92. The molecule has 6 heteroatoms. The predicted octanol–water partition coefficient (Wildman–Crippen LogP) is 3.43. The summed E-state index contributed by atoms with van der Waals surface area (Å²) in [5.74, 6) is 0.872. The first-order valence-electron chi connectivity index (χ1n) is 10.3. The summed E-state index contributed by atoms with van der Waals surface area (Å²) in [7, 11) is 0. The van der Waals surface area contributed by atoms with Crippen LogP contribution in [0.1, 0.15) is 23.6 Å². The van der Waals surface area contributed by atoms with Crippen molar-refractivity contribution in [2.45, 2.75) is 26.4 Å². The van der Waals surface area contributed by atoms with Gasteiger partial charge in [0.2, 0.25) is 0 Å². The third-order valence-electron chi connectivity index (χ3n) is 4.81. The van der Waals surface area contributed by atoms with Gasteiger partial charge in [0.1, 0.15) is 0 Å². The van der Waals surface area contributed by atoms with Crippen LogP contribution in [0.4, 0.5) is 0 Å². The van der Waals surface area contributed by atoms with E-state index in [1.807, 2.05) is 0 Å². The van der Waals surface area contributed by atoms with Crippen LogP contribution in [0.25, 0.3) is 0 Å². The summed E-state index contributed by atoms with van der Waals surface area (Å²) >= 11 is 0. The minimum absolute atomic E-state index is 0. The van der Waals surface area contributed by atoms with Crippen molar-refractivity contribution in [1.82, 2.24) is 15.5 Å². The number of rotatable bonds is 8. The van der Waals surface area contributed by atoms with E-state index in [0.29, 0.717) is 6.54 Å². The maximum Gasteiger partial charge on any atom is 0.191 e. The van der Waals surface area contributed by atoms with Gasteiger partial charge in [0, 0.05) is 32.7 Å². The largest absolute Gasteiger partial charge is 0.379 e. The van der Waals surface area contributed by atoms with Gasteiger partial charge >= 0.3 is 0 Å². The lowest BCUT2D eigenvalue weighted by atomic mass is 10.1. The summed E-state index contributed by atoms with van der Waals surface area (Å²) in [6.45, 7) is 9.18. The van der Waals surface area contributed by atoms with E-state index in [2.05, 4.69) is 77.1 Å². The minimum Gasteiger partial charge on any atom is -0.379 e. The van der Waals surface area contributed by atoms with Crippen molar-refractivity contribution in [3.05, 3.63) is 71.3 Å². The number of nitrogens with zero attached hydrogens (tertiary/aromatic N) is 2. The van der Waals surface area contributed by atoms with Crippen LogP contribution in [-0.2, 0) is 24.2 Å². The van der Waals surface area contributed by atoms with Gasteiger partial charge in [0.25, 0.3) is 0 Å². The Hall–Kier alpha value is -1.64.